The van der Waals surface area contributed by atoms with E-state index < -0.39 is 18.1 Å². The average molecular weight is 321 g/mol. The molecule has 0 aliphatic rings. The van der Waals surface area contributed by atoms with Crippen molar-refractivity contribution in [2.24, 2.45) is 0 Å². The van der Waals surface area contributed by atoms with E-state index in [0.717, 1.165) is 0 Å². The van der Waals surface area contributed by atoms with Crippen molar-refractivity contribution in [2.75, 3.05) is 19.0 Å². The van der Waals surface area contributed by atoms with Crippen molar-refractivity contribution in [3.05, 3.63) is 28.2 Å². The van der Waals surface area contributed by atoms with Gasteiger partial charge in [0, 0.05) is 29.4 Å². The van der Waals surface area contributed by atoms with Gasteiger partial charge >= 0.3 is 12.0 Å². The molecule has 0 bridgehead atoms. The Labute approximate surface area is 126 Å². The molecule has 110 valence electrons. The molecule has 3 N–H and O–H groups in total. The van der Waals surface area contributed by atoms with Crippen LogP contribution in [0.5, 0.6) is 0 Å². The number of carboxylic acid groups (broad SMARTS) is 1. The normalized spacial score (nSPS) is 11.8. The lowest BCUT2D eigenvalue weighted by atomic mass is 10.2. The van der Waals surface area contributed by atoms with E-state index >= 15 is 0 Å². The van der Waals surface area contributed by atoms with Crippen LogP contribution in [0.4, 0.5) is 10.5 Å². The molecule has 0 spiro atoms. The largest absolute Gasteiger partial charge is 0.481 e. The molecule has 1 atom stereocenters. The van der Waals surface area contributed by atoms with Crippen LogP contribution >= 0.6 is 23.2 Å². The first-order chi connectivity index (χ1) is 9.40. The number of nitrogens with one attached hydrogen (secondary N) is 2. The molecular formula is C12H14Cl2N2O4. The van der Waals surface area contributed by atoms with Crippen molar-refractivity contribution < 1.29 is 19.4 Å². The summed E-state index contributed by atoms with van der Waals surface area (Å²) >= 11 is 11.6. The molecule has 2 amide bonds. The Morgan fingerprint density at radius 1 is 1.30 bits per heavy atom. The van der Waals surface area contributed by atoms with Crippen molar-refractivity contribution in [1.82, 2.24) is 5.32 Å². The highest BCUT2D eigenvalue weighted by atomic mass is 35.5. The minimum absolute atomic E-state index is 0.0724. The van der Waals surface area contributed by atoms with Gasteiger partial charge in [-0.3, -0.25) is 4.79 Å². The fourth-order valence-corrected chi connectivity index (χ4v) is 1.97. The van der Waals surface area contributed by atoms with Crippen LogP contribution in [-0.4, -0.2) is 36.9 Å². The number of ether oxygens (including phenoxy) is 1. The number of hydrogen-bond acceptors (Lipinski definition) is 3. The molecule has 0 radical (unpaired) electrons. The average Bonchev–Trinajstić information content (AvgIpc) is 2.32. The van der Waals surface area contributed by atoms with E-state index in [2.05, 4.69) is 10.6 Å². The highest BCUT2D eigenvalue weighted by Gasteiger charge is 2.13. The van der Waals surface area contributed by atoms with E-state index in [-0.39, 0.29) is 13.0 Å². The quantitative estimate of drug-likeness (QED) is 0.751. The number of anilines is 1. The van der Waals surface area contributed by atoms with Crippen LogP contribution in [-0.2, 0) is 9.53 Å². The number of benzene rings is 1. The number of methoxy groups -OCH3 is 1. The van der Waals surface area contributed by atoms with Crippen molar-refractivity contribution in [2.45, 2.75) is 12.5 Å². The fraction of sp³-hybridized carbons (Fsp3) is 0.333. The summed E-state index contributed by atoms with van der Waals surface area (Å²) in [6.07, 6.45) is -0.791. The Kier molecular flexibility index (Phi) is 6.57. The molecule has 0 aliphatic carbocycles. The summed E-state index contributed by atoms with van der Waals surface area (Å²) in [6, 6.07) is 4.12. The Morgan fingerprint density at radius 3 is 2.40 bits per heavy atom. The van der Waals surface area contributed by atoms with Crippen molar-refractivity contribution >= 4 is 40.9 Å². The maximum absolute atomic E-state index is 11.6. The number of urea groups is 1. The van der Waals surface area contributed by atoms with Gasteiger partial charge in [-0.2, -0.15) is 0 Å². The van der Waals surface area contributed by atoms with Gasteiger partial charge < -0.3 is 20.5 Å². The molecule has 0 fully saturated rings. The van der Waals surface area contributed by atoms with E-state index in [9.17, 15) is 9.59 Å². The molecule has 20 heavy (non-hydrogen) atoms. The third-order valence-corrected chi connectivity index (χ3v) is 2.78. The molecule has 6 nitrogen and oxygen atoms in total. The SMILES string of the molecule is COC(CNC(=O)Nc1cc(Cl)cc(Cl)c1)CC(=O)O. The third kappa shape index (κ3) is 6.10. The van der Waals surface area contributed by atoms with E-state index in [4.69, 9.17) is 33.0 Å². The smallest absolute Gasteiger partial charge is 0.319 e. The molecular weight excluding hydrogens is 307 g/mol. The van der Waals surface area contributed by atoms with E-state index in [1.807, 2.05) is 0 Å². The first-order valence-electron chi connectivity index (χ1n) is 5.66. The second-order valence-electron chi connectivity index (χ2n) is 3.95. The molecule has 0 aromatic heterocycles. The second-order valence-corrected chi connectivity index (χ2v) is 4.82. The zero-order chi connectivity index (χ0) is 15.1. The molecule has 0 heterocycles. The van der Waals surface area contributed by atoms with E-state index in [1.54, 1.807) is 6.07 Å². The Balaban J connectivity index is 2.48. The van der Waals surface area contributed by atoms with Gasteiger partial charge in [-0.05, 0) is 18.2 Å². The number of carboxylic acids is 1. The van der Waals surface area contributed by atoms with Crippen LogP contribution in [0.25, 0.3) is 0 Å². The zero-order valence-electron chi connectivity index (χ0n) is 10.7. The topological polar surface area (TPSA) is 87.7 Å². The lowest BCUT2D eigenvalue weighted by Gasteiger charge is -2.14. The summed E-state index contributed by atoms with van der Waals surface area (Å²) in [6.45, 7) is 0.0724. The number of amides is 2. The summed E-state index contributed by atoms with van der Waals surface area (Å²) in [5, 5.41) is 14.5. The lowest BCUT2D eigenvalue weighted by Crippen LogP contribution is -2.37. The first-order valence-corrected chi connectivity index (χ1v) is 6.42. The van der Waals surface area contributed by atoms with Crippen LogP contribution in [0.3, 0.4) is 0 Å². The van der Waals surface area contributed by atoms with E-state index in [1.165, 1.54) is 19.2 Å². The van der Waals surface area contributed by atoms with Gasteiger partial charge in [0.15, 0.2) is 0 Å². The van der Waals surface area contributed by atoms with Gasteiger partial charge in [0.05, 0.1) is 12.5 Å². The fourth-order valence-electron chi connectivity index (χ4n) is 1.44. The van der Waals surface area contributed by atoms with Gasteiger partial charge in [-0.15, -0.1) is 0 Å². The predicted molar refractivity (Wildman–Crippen MR) is 76.5 cm³/mol. The monoisotopic (exact) mass is 320 g/mol. The number of rotatable bonds is 6. The van der Waals surface area contributed by atoms with Crippen LogP contribution in [0.15, 0.2) is 18.2 Å². The zero-order valence-corrected chi connectivity index (χ0v) is 12.2. The molecule has 1 unspecified atom stereocenters. The summed E-state index contributed by atoms with van der Waals surface area (Å²) in [5.41, 5.74) is 0.437. The maximum atomic E-state index is 11.6. The highest BCUT2D eigenvalue weighted by molar-refractivity contribution is 6.35. The van der Waals surface area contributed by atoms with Crippen LogP contribution in [0.2, 0.25) is 10.0 Å². The molecule has 0 aliphatic heterocycles. The number of halogens is 2. The van der Waals surface area contributed by atoms with Gasteiger partial charge in [0.25, 0.3) is 0 Å². The highest BCUT2D eigenvalue weighted by Crippen LogP contribution is 2.22. The first kappa shape index (κ1) is 16.6. The van der Waals surface area contributed by atoms with Crippen LogP contribution in [0.1, 0.15) is 6.42 Å². The molecule has 8 heteroatoms. The van der Waals surface area contributed by atoms with E-state index in [0.29, 0.717) is 15.7 Å². The lowest BCUT2D eigenvalue weighted by molar-refractivity contribution is -0.139. The summed E-state index contributed by atoms with van der Waals surface area (Å²) in [7, 11) is 1.38. The number of aliphatic carboxylic acids is 1. The standard InChI is InChI=1S/C12H14Cl2N2O4/c1-20-10(5-11(17)18)6-15-12(19)16-9-3-7(13)2-8(14)4-9/h2-4,10H,5-6H2,1H3,(H,17,18)(H2,15,16,19). The van der Waals surface area contributed by atoms with Gasteiger partial charge in [0.2, 0.25) is 0 Å². The Morgan fingerprint density at radius 2 is 1.90 bits per heavy atom. The number of carbonyl (C=O) groups excluding carboxylic acids is 1. The number of carbonyl (C=O) groups is 2. The summed E-state index contributed by atoms with van der Waals surface area (Å²) < 4.78 is 4.93. The molecule has 0 saturated carbocycles. The Hall–Kier alpha value is -1.50. The van der Waals surface area contributed by atoms with Gasteiger partial charge in [-0.25, -0.2) is 4.79 Å². The minimum atomic E-state index is -0.999. The molecule has 1 aromatic rings. The number of hydrogen-bond donors (Lipinski definition) is 3. The van der Waals surface area contributed by atoms with Gasteiger partial charge in [0.1, 0.15) is 0 Å². The van der Waals surface area contributed by atoms with Gasteiger partial charge in [-0.1, -0.05) is 23.2 Å². The third-order valence-electron chi connectivity index (χ3n) is 2.35. The predicted octanol–water partition coefficient (Wildman–Crippen LogP) is 2.60. The second kappa shape index (κ2) is 7.94. The maximum Gasteiger partial charge on any atom is 0.319 e. The Bertz CT molecular complexity index is 476. The molecule has 0 saturated heterocycles. The van der Waals surface area contributed by atoms with Crippen molar-refractivity contribution in [3.63, 3.8) is 0 Å². The van der Waals surface area contributed by atoms with Crippen LogP contribution in [0, 0.1) is 0 Å². The van der Waals surface area contributed by atoms with Crippen molar-refractivity contribution in [3.8, 4) is 0 Å². The summed E-state index contributed by atoms with van der Waals surface area (Å²) in [4.78, 5) is 22.2. The molecule has 1 aromatic carbocycles. The summed E-state index contributed by atoms with van der Waals surface area (Å²) in [5.74, 6) is -0.999. The minimum Gasteiger partial charge on any atom is -0.481 e. The van der Waals surface area contributed by atoms with Crippen LogP contribution < -0.4 is 10.6 Å². The molecule has 1 rings (SSSR count). The van der Waals surface area contributed by atoms with Crippen molar-refractivity contribution in [1.29, 1.82) is 0 Å².